The highest BCUT2D eigenvalue weighted by Gasteiger charge is 2.55. The first-order valence-corrected chi connectivity index (χ1v) is 18.5. The standard InChI is InChI=1S/C41H52N4O7/c1-24(2)23-50-39(47)35-34(25(3)26-14-10-8-11-15-26)33-22-45(35)38(46)36(41(4,5)6)44-40(48)52-32-20-27(32)16-12-9-13-17-30-37(51-33)43-31-21-28(49-7)18-19-29(31)42-30/h8,10-11,13-15,17-19,21,24-25,27,32-36H,9,12,16,20,22-23H2,1-7H3,(H,44,48)/t25-,27+,32+,33-,34+,35-,36+/m0/s1. The lowest BCUT2D eigenvalue weighted by molar-refractivity contribution is -0.157. The van der Waals surface area contributed by atoms with Crippen molar-refractivity contribution < 1.29 is 33.3 Å². The predicted octanol–water partition coefficient (Wildman–Crippen LogP) is 6.94. The summed E-state index contributed by atoms with van der Waals surface area (Å²) in [5, 5.41) is 2.89. The van der Waals surface area contributed by atoms with Gasteiger partial charge < -0.3 is 29.2 Å². The highest BCUT2D eigenvalue weighted by atomic mass is 16.6. The average Bonchev–Trinajstić information content (AvgIpc) is 3.74. The number of allylic oxidation sites excluding steroid dienone is 1. The highest BCUT2D eigenvalue weighted by Crippen LogP contribution is 2.42. The molecular weight excluding hydrogens is 660 g/mol. The first kappa shape index (κ1) is 37.1. The summed E-state index contributed by atoms with van der Waals surface area (Å²) in [5.41, 5.74) is 2.10. The topological polar surface area (TPSA) is 129 Å². The minimum absolute atomic E-state index is 0.0527. The molecule has 2 amide bonds. The lowest BCUT2D eigenvalue weighted by Gasteiger charge is -2.36. The van der Waals surface area contributed by atoms with Crippen LogP contribution in [0.1, 0.15) is 84.4 Å². The number of alkyl carbamates (subject to hydrolysis) is 1. The molecule has 2 bridgehead atoms. The van der Waals surface area contributed by atoms with Crippen molar-refractivity contribution in [2.75, 3.05) is 20.3 Å². The minimum atomic E-state index is -1.02. The summed E-state index contributed by atoms with van der Waals surface area (Å²) in [5.74, 6) is -0.432. The average molecular weight is 713 g/mol. The van der Waals surface area contributed by atoms with Gasteiger partial charge in [-0.15, -0.1) is 0 Å². The maximum Gasteiger partial charge on any atom is 0.408 e. The van der Waals surface area contributed by atoms with Crippen LogP contribution in [0.3, 0.4) is 0 Å². The van der Waals surface area contributed by atoms with Gasteiger partial charge in [0.1, 0.15) is 35.7 Å². The van der Waals surface area contributed by atoms with E-state index in [1.807, 2.05) is 96.1 Å². The van der Waals surface area contributed by atoms with Gasteiger partial charge in [-0.3, -0.25) is 4.79 Å². The lowest BCUT2D eigenvalue weighted by Crippen LogP contribution is -2.57. The van der Waals surface area contributed by atoms with Crippen molar-refractivity contribution in [3.05, 3.63) is 65.9 Å². The largest absolute Gasteiger partial charge is 0.497 e. The molecule has 278 valence electrons. The minimum Gasteiger partial charge on any atom is -0.497 e. The third kappa shape index (κ3) is 8.34. The van der Waals surface area contributed by atoms with E-state index in [-0.39, 0.29) is 37.0 Å². The molecule has 1 aliphatic carbocycles. The van der Waals surface area contributed by atoms with Crippen LogP contribution in [-0.4, -0.2) is 77.4 Å². The zero-order valence-corrected chi connectivity index (χ0v) is 31.3. The molecule has 0 unspecified atom stereocenters. The Kier molecular flexibility index (Phi) is 11.1. The zero-order chi connectivity index (χ0) is 37.2. The maximum atomic E-state index is 14.9. The van der Waals surface area contributed by atoms with Crippen molar-refractivity contribution in [2.45, 2.75) is 97.4 Å². The molecule has 2 aliphatic heterocycles. The summed E-state index contributed by atoms with van der Waals surface area (Å²) in [6.07, 6.45) is 5.89. The van der Waals surface area contributed by atoms with Crippen molar-refractivity contribution in [3.8, 4) is 11.6 Å². The van der Waals surface area contributed by atoms with E-state index in [1.54, 1.807) is 12.0 Å². The van der Waals surface area contributed by atoms with Crippen molar-refractivity contribution in [1.29, 1.82) is 0 Å². The number of aromatic nitrogens is 2. The fourth-order valence-electron chi connectivity index (χ4n) is 7.34. The molecule has 3 heterocycles. The molecule has 3 aliphatic rings. The first-order chi connectivity index (χ1) is 24.8. The SMILES string of the molecule is COc1ccc2nc3c(nc2c1)O[C@H]1CN(C(=O)[C@H](C(C)(C)C)NC(=O)O[C@@H]2C[C@H]2CCCC=C3)[C@H](C(=O)OCC(C)C)[C@@H]1[C@@H](C)c1ccccc1. The number of fused-ring (bicyclic) bond motifs is 5. The molecule has 7 atom stereocenters. The molecule has 2 fully saturated rings. The van der Waals surface area contributed by atoms with Crippen LogP contribution in [0.25, 0.3) is 17.1 Å². The number of ether oxygens (including phenoxy) is 4. The summed E-state index contributed by atoms with van der Waals surface area (Å²) >= 11 is 0. The van der Waals surface area contributed by atoms with E-state index in [0.717, 1.165) is 31.2 Å². The highest BCUT2D eigenvalue weighted by molar-refractivity contribution is 5.91. The maximum absolute atomic E-state index is 14.9. The number of rotatable bonds is 6. The Balaban J connectivity index is 1.49. The smallest absolute Gasteiger partial charge is 0.408 e. The van der Waals surface area contributed by atoms with Gasteiger partial charge in [-0.1, -0.05) is 78.0 Å². The molecule has 11 heteroatoms. The van der Waals surface area contributed by atoms with Gasteiger partial charge in [0.2, 0.25) is 11.8 Å². The Labute approximate surface area is 306 Å². The molecule has 3 aromatic rings. The van der Waals surface area contributed by atoms with Crippen molar-refractivity contribution in [2.24, 2.45) is 23.2 Å². The number of hydrogen-bond acceptors (Lipinski definition) is 9. The summed E-state index contributed by atoms with van der Waals surface area (Å²) in [6, 6.07) is 13.4. The Hall–Kier alpha value is -4.67. The van der Waals surface area contributed by atoms with Crippen molar-refractivity contribution >= 4 is 35.1 Å². The quantitative estimate of drug-likeness (QED) is 0.270. The van der Waals surface area contributed by atoms with Crippen LogP contribution in [-0.2, 0) is 19.1 Å². The van der Waals surface area contributed by atoms with E-state index >= 15 is 0 Å². The van der Waals surface area contributed by atoms with Gasteiger partial charge in [-0.25, -0.2) is 19.6 Å². The number of benzene rings is 2. The number of methoxy groups -OCH3 is 1. The summed E-state index contributed by atoms with van der Waals surface area (Å²) < 4.78 is 24.1. The number of nitrogens with one attached hydrogen (secondary N) is 1. The van der Waals surface area contributed by atoms with Gasteiger partial charge in [0.25, 0.3) is 0 Å². The van der Waals surface area contributed by atoms with E-state index in [4.69, 9.17) is 28.9 Å². The molecule has 52 heavy (non-hydrogen) atoms. The molecule has 2 aromatic carbocycles. The third-order valence-corrected chi connectivity index (χ3v) is 10.3. The Morgan fingerprint density at radius 2 is 1.79 bits per heavy atom. The van der Waals surface area contributed by atoms with Crippen LogP contribution < -0.4 is 14.8 Å². The van der Waals surface area contributed by atoms with E-state index in [1.165, 1.54) is 0 Å². The fourth-order valence-corrected chi connectivity index (χ4v) is 7.34. The van der Waals surface area contributed by atoms with Crippen molar-refractivity contribution in [3.63, 3.8) is 0 Å². The van der Waals surface area contributed by atoms with E-state index in [2.05, 4.69) is 11.4 Å². The first-order valence-electron chi connectivity index (χ1n) is 18.5. The second-order valence-corrected chi connectivity index (χ2v) is 15.9. The molecule has 6 rings (SSSR count). The number of amides is 2. The fraction of sp³-hybridized carbons (Fsp3) is 0.537. The van der Waals surface area contributed by atoms with Gasteiger partial charge in [-0.2, -0.15) is 0 Å². The van der Waals surface area contributed by atoms with Gasteiger partial charge in [0.05, 0.1) is 31.3 Å². The van der Waals surface area contributed by atoms with Crippen LogP contribution in [0.4, 0.5) is 4.79 Å². The second-order valence-electron chi connectivity index (χ2n) is 15.9. The Morgan fingerprint density at radius 1 is 1.02 bits per heavy atom. The second kappa shape index (κ2) is 15.5. The molecule has 1 N–H and O–H groups in total. The molecule has 1 saturated heterocycles. The summed E-state index contributed by atoms with van der Waals surface area (Å²) in [6.45, 7) is 11.9. The van der Waals surface area contributed by atoms with Crippen LogP contribution in [0, 0.1) is 23.2 Å². The Morgan fingerprint density at radius 3 is 2.50 bits per heavy atom. The molecular formula is C41H52N4O7. The lowest BCUT2D eigenvalue weighted by atomic mass is 9.80. The summed E-state index contributed by atoms with van der Waals surface area (Å²) in [7, 11) is 1.60. The number of esters is 1. The van der Waals surface area contributed by atoms with Crippen LogP contribution in [0.5, 0.6) is 11.6 Å². The molecule has 1 saturated carbocycles. The monoisotopic (exact) mass is 712 g/mol. The molecule has 11 nitrogen and oxygen atoms in total. The number of hydrogen-bond donors (Lipinski definition) is 1. The number of carbonyl (C=O) groups excluding carboxylic acids is 3. The summed E-state index contributed by atoms with van der Waals surface area (Å²) in [4.78, 5) is 54.0. The predicted molar refractivity (Wildman–Crippen MR) is 198 cm³/mol. The number of nitrogens with zero attached hydrogens (tertiary/aromatic N) is 3. The third-order valence-electron chi connectivity index (χ3n) is 10.3. The zero-order valence-electron chi connectivity index (χ0n) is 31.3. The van der Waals surface area contributed by atoms with Gasteiger partial charge >= 0.3 is 12.1 Å². The van der Waals surface area contributed by atoms with Crippen molar-refractivity contribution in [1.82, 2.24) is 20.2 Å². The molecule has 0 spiro atoms. The van der Waals surface area contributed by atoms with Crippen LogP contribution >= 0.6 is 0 Å². The van der Waals surface area contributed by atoms with Crippen LogP contribution in [0.2, 0.25) is 0 Å². The molecule has 1 aromatic heterocycles. The molecule has 0 radical (unpaired) electrons. The van der Waals surface area contributed by atoms with E-state index in [9.17, 15) is 14.4 Å². The van der Waals surface area contributed by atoms with Gasteiger partial charge in [0, 0.05) is 12.0 Å². The van der Waals surface area contributed by atoms with Gasteiger partial charge in [-0.05, 0) is 72.6 Å². The van der Waals surface area contributed by atoms with E-state index < -0.39 is 47.5 Å². The Bertz CT molecular complexity index is 1790. The number of carbonyl (C=O) groups is 3. The normalized spacial score (nSPS) is 25.9. The van der Waals surface area contributed by atoms with Crippen LogP contribution in [0.15, 0.2) is 54.6 Å². The van der Waals surface area contributed by atoms with Gasteiger partial charge in [0.15, 0.2) is 0 Å². The van der Waals surface area contributed by atoms with E-state index in [0.29, 0.717) is 28.4 Å².